The Balaban J connectivity index is 1.93. The first-order chi connectivity index (χ1) is 11.6. The number of methoxy groups -OCH3 is 3. The second-order valence-corrected chi connectivity index (χ2v) is 6.24. The molecule has 1 heterocycles. The van der Waals surface area contributed by atoms with Gasteiger partial charge in [0.1, 0.15) is 0 Å². The zero-order chi connectivity index (χ0) is 17.5. The Kier molecular flexibility index (Phi) is 6.73. The Hall–Kier alpha value is -1.95. The fourth-order valence-electron chi connectivity index (χ4n) is 2.92. The summed E-state index contributed by atoms with van der Waals surface area (Å²) in [5, 5.41) is 2.91. The second-order valence-electron chi connectivity index (χ2n) is 6.24. The van der Waals surface area contributed by atoms with Gasteiger partial charge < -0.3 is 24.4 Å². The number of hydrogen-bond donors (Lipinski definition) is 1. The molecule has 2 rings (SSSR count). The third-order valence-corrected chi connectivity index (χ3v) is 4.48. The number of ether oxygens (including phenoxy) is 3. The monoisotopic (exact) mass is 336 g/mol. The summed E-state index contributed by atoms with van der Waals surface area (Å²) in [5.74, 6) is 2.35. The van der Waals surface area contributed by atoms with Gasteiger partial charge in [0, 0.05) is 30.8 Å². The highest BCUT2D eigenvalue weighted by molar-refractivity contribution is 5.91. The quantitative estimate of drug-likeness (QED) is 0.830. The van der Waals surface area contributed by atoms with Gasteiger partial charge in [-0.3, -0.25) is 4.79 Å². The number of amides is 1. The van der Waals surface area contributed by atoms with Crippen molar-refractivity contribution < 1.29 is 19.0 Å². The van der Waals surface area contributed by atoms with Crippen LogP contribution >= 0.6 is 0 Å². The molecule has 0 aromatic heterocycles. The highest BCUT2D eigenvalue weighted by atomic mass is 16.5. The zero-order valence-corrected chi connectivity index (χ0v) is 15.1. The van der Waals surface area contributed by atoms with E-state index in [0.717, 1.165) is 25.6 Å². The number of piperidine rings is 1. The van der Waals surface area contributed by atoms with Gasteiger partial charge in [-0.2, -0.15) is 0 Å². The van der Waals surface area contributed by atoms with Gasteiger partial charge in [0.2, 0.25) is 11.7 Å². The number of carbonyl (C=O) groups is 1. The van der Waals surface area contributed by atoms with E-state index in [1.807, 2.05) is 0 Å². The van der Waals surface area contributed by atoms with E-state index in [2.05, 4.69) is 17.1 Å². The molecule has 0 aliphatic carbocycles. The Morgan fingerprint density at radius 2 is 1.71 bits per heavy atom. The Morgan fingerprint density at radius 1 is 1.12 bits per heavy atom. The van der Waals surface area contributed by atoms with E-state index in [9.17, 15) is 4.79 Å². The van der Waals surface area contributed by atoms with Gasteiger partial charge in [-0.15, -0.1) is 0 Å². The van der Waals surface area contributed by atoms with Crippen LogP contribution < -0.4 is 19.5 Å². The molecule has 1 aromatic rings. The molecule has 1 aromatic carbocycles. The van der Waals surface area contributed by atoms with Crippen LogP contribution in [-0.2, 0) is 4.79 Å². The van der Waals surface area contributed by atoms with Crippen LogP contribution in [-0.4, -0.2) is 51.8 Å². The second kappa shape index (κ2) is 8.78. The van der Waals surface area contributed by atoms with E-state index < -0.39 is 0 Å². The molecule has 0 radical (unpaired) electrons. The summed E-state index contributed by atoms with van der Waals surface area (Å²) < 4.78 is 15.9. The number of benzene rings is 1. The maximum absolute atomic E-state index is 12.2. The molecule has 0 bridgehead atoms. The van der Waals surface area contributed by atoms with Crippen molar-refractivity contribution in [3.8, 4) is 17.2 Å². The molecule has 0 spiro atoms. The van der Waals surface area contributed by atoms with Crippen LogP contribution in [0.3, 0.4) is 0 Å². The summed E-state index contributed by atoms with van der Waals surface area (Å²) in [5.41, 5.74) is 0.641. The van der Waals surface area contributed by atoms with Crippen LogP contribution in [0, 0.1) is 5.92 Å². The van der Waals surface area contributed by atoms with Crippen LogP contribution in [0.5, 0.6) is 17.2 Å². The van der Waals surface area contributed by atoms with Crippen molar-refractivity contribution >= 4 is 11.6 Å². The zero-order valence-electron chi connectivity index (χ0n) is 15.1. The molecule has 1 amide bonds. The minimum absolute atomic E-state index is 0.0112. The molecule has 1 fully saturated rings. The highest BCUT2D eigenvalue weighted by Gasteiger charge is 2.17. The maximum atomic E-state index is 12.2. The van der Waals surface area contributed by atoms with E-state index in [1.165, 1.54) is 12.8 Å². The van der Waals surface area contributed by atoms with Gasteiger partial charge in [-0.05, 0) is 31.8 Å². The van der Waals surface area contributed by atoms with E-state index >= 15 is 0 Å². The van der Waals surface area contributed by atoms with Crippen molar-refractivity contribution in [1.29, 1.82) is 0 Å². The van der Waals surface area contributed by atoms with E-state index in [1.54, 1.807) is 33.5 Å². The van der Waals surface area contributed by atoms with E-state index in [4.69, 9.17) is 14.2 Å². The number of rotatable bonds is 7. The SMILES string of the molecule is COc1cc(NC(=O)CCN2CCC(C)CC2)cc(OC)c1OC. The molecular formula is C18H28N2O4. The van der Waals surface area contributed by atoms with E-state index in [-0.39, 0.29) is 5.91 Å². The average Bonchev–Trinajstić information content (AvgIpc) is 2.60. The summed E-state index contributed by atoms with van der Waals surface area (Å²) in [6.07, 6.45) is 2.91. The first-order valence-corrected chi connectivity index (χ1v) is 8.39. The van der Waals surface area contributed by atoms with Crippen molar-refractivity contribution in [2.45, 2.75) is 26.2 Å². The van der Waals surface area contributed by atoms with Crippen LogP contribution in [0.15, 0.2) is 12.1 Å². The average molecular weight is 336 g/mol. The lowest BCUT2D eigenvalue weighted by Crippen LogP contribution is -2.35. The lowest BCUT2D eigenvalue weighted by atomic mass is 9.99. The predicted molar refractivity (Wildman–Crippen MR) is 94.2 cm³/mol. The summed E-state index contributed by atoms with van der Waals surface area (Å²) >= 11 is 0. The molecule has 0 saturated carbocycles. The molecule has 0 unspecified atom stereocenters. The van der Waals surface area contributed by atoms with Crippen molar-refractivity contribution in [1.82, 2.24) is 4.90 Å². The van der Waals surface area contributed by atoms with Crippen LogP contribution in [0.4, 0.5) is 5.69 Å². The summed E-state index contributed by atoms with van der Waals surface area (Å²) in [6, 6.07) is 3.48. The number of hydrogen-bond acceptors (Lipinski definition) is 5. The Morgan fingerprint density at radius 3 is 2.21 bits per heavy atom. The number of likely N-dealkylation sites (tertiary alicyclic amines) is 1. The fraction of sp³-hybridized carbons (Fsp3) is 0.611. The number of nitrogens with one attached hydrogen (secondary N) is 1. The molecule has 1 aliphatic rings. The van der Waals surface area contributed by atoms with E-state index in [0.29, 0.717) is 29.4 Å². The Bertz CT molecular complexity index is 529. The standard InChI is InChI=1S/C18H28N2O4/c1-13-5-8-20(9-6-13)10-7-17(21)19-14-11-15(22-2)18(24-4)16(12-14)23-3/h11-13H,5-10H2,1-4H3,(H,19,21). The van der Waals surface area contributed by atoms with Gasteiger partial charge in [0.25, 0.3) is 0 Å². The molecule has 134 valence electrons. The normalized spacial score (nSPS) is 15.8. The summed E-state index contributed by atoms with van der Waals surface area (Å²) in [4.78, 5) is 14.6. The molecule has 1 aliphatic heterocycles. The largest absolute Gasteiger partial charge is 0.493 e. The molecule has 6 heteroatoms. The molecule has 1 N–H and O–H groups in total. The van der Waals surface area contributed by atoms with Gasteiger partial charge in [-0.1, -0.05) is 6.92 Å². The first-order valence-electron chi connectivity index (χ1n) is 8.39. The minimum Gasteiger partial charge on any atom is -0.493 e. The third kappa shape index (κ3) is 4.77. The van der Waals surface area contributed by atoms with Crippen LogP contribution in [0.2, 0.25) is 0 Å². The molecule has 6 nitrogen and oxygen atoms in total. The molecule has 0 atom stereocenters. The van der Waals surface area contributed by atoms with Crippen molar-refractivity contribution in [3.05, 3.63) is 12.1 Å². The van der Waals surface area contributed by atoms with Crippen LogP contribution in [0.25, 0.3) is 0 Å². The van der Waals surface area contributed by atoms with Gasteiger partial charge in [0.05, 0.1) is 21.3 Å². The van der Waals surface area contributed by atoms with Gasteiger partial charge in [-0.25, -0.2) is 0 Å². The number of carbonyl (C=O) groups excluding carboxylic acids is 1. The summed E-state index contributed by atoms with van der Waals surface area (Å²) in [7, 11) is 4.67. The highest BCUT2D eigenvalue weighted by Crippen LogP contribution is 2.39. The lowest BCUT2D eigenvalue weighted by molar-refractivity contribution is -0.116. The minimum atomic E-state index is -0.0112. The first kappa shape index (κ1) is 18.4. The number of nitrogens with zero attached hydrogens (tertiary/aromatic N) is 1. The molecule has 1 saturated heterocycles. The summed E-state index contributed by atoms with van der Waals surface area (Å²) in [6.45, 7) is 5.24. The lowest BCUT2D eigenvalue weighted by Gasteiger charge is -2.29. The topological polar surface area (TPSA) is 60.0 Å². The van der Waals surface area contributed by atoms with Gasteiger partial charge in [0.15, 0.2) is 11.5 Å². The van der Waals surface area contributed by atoms with Crippen LogP contribution in [0.1, 0.15) is 26.2 Å². The fourth-order valence-corrected chi connectivity index (χ4v) is 2.92. The third-order valence-electron chi connectivity index (χ3n) is 4.48. The Labute approximate surface area is 144 Å². The van der Waals surface area contributed by atoms with Crippen molar-refractivity contribution in [2.24, 2.45) is 5.92 Å². The van der Waals surface area contributed by atoms with Crippen molar-refractivity contribution in [3.63, 3.8) is 0 Å². The smallest absolute Gasteiger partial charge is 0.225 e. The molecular weight excluding hydrogens is 308 g/mol. The van der Waals surface area contributed by atoms with Gasteiger partial charge >= 0.3 is 0 Å². The van der Waals surface area contributed by atoms with Crippen molar-refractivity contribution in [2.75, 3.05) is 46.3 Å². The molecule has 24 heavy (non-hydrogen) atoms. The number of anilines is 1. The maximum Gasteiger partial charge on any atom is 0.225 e. The predicted octanol–water partition coefficient (Wildman–Crippen LogP) is 2.77.